The minimum absolute atomic E-state index is 0.229. The molecule has 4 heterocycles. The third kappa shape index (κ3) is 4.73. The molecular formula is C23H32FN7O3. The van der Waals surface area contributed by atoms with E-state index in [1.807, 2.05) is 12.1 Å². The van der Waals surface area contributed by atoms with E-state index >= 15 is 0 Å². The zero-order valence-electron chi connectivity index (χ0n) is 19.5. The Hall–Kier alpha value is -2.76. The number of carbonyl (C=O) groups excluding carboxylic acids is 2. The van der Waals surface area contributed by atoms with E-state index in [1.54, 1.807) is 7.05 Å². The van der Waals surface area contributed by atoms with Gasteiger partial charge in [0.05, 0.1) is 19.8 Å². The summed E-state index contributed by atoms with van der Waals surface area (Å²) in [7, 11) is 1.69. The molecule has 0 spiro atoms. The molecule has 0 aliphatic carbocycles. The van der Waals surface area contributed by atoms with Gasteiger partial charge in [-0.25, -0.2) is 14.2 Å². The lowest BCUT2D eigenvalue weighted by atomic mass is 10.1. The largest absolute Gasteiger partial charge is 0.379 e. The first kappa shape index (κ1) is 23.0. The van der Waals surface area contributed by atoms with E-state index in [0.717, 1.165) is 70.6 Å². The molecule has 0 saturated carbocycles. The number of halogens is 1. The molecule has 3 saturated heterocycles. The van der Waals surface area contributed by atoms with Crippen molar-refractivity contribution in [3.63, 3.8) is 0 Å². The molecule has 0 bridgehead atoms. The van der Waals surface area contributed by atoms with Crippen molar-refractivity contribution >= 4 is 23.5 Å². The number of hydrogen-bond acceptors (Lipinski definition) is 8. The van der Waals surface area contributed by atoms with Gasteiger partial charge in [0.1, 0.15) is 11.7 Å². The number of hydrogen-bond donors (Lipinski definition) is 1. The van der Waals surface area contributed by atoms with Crippen molar-refractivity contribution in [1.82, 2.24) is 24.9 Å². The number of anilines is 1. The minimum atomic E-state index is -0.501. The Balaban J connectivity index is 1.25. The van der Waals surface area contributed by atoms with E-state index < -0.39 is 18.2 Å². The standard InChI is InChI=1S/C23H32FN7O3/c1-27-21-20(22(32)26-23(27)33)31(11-8-28-12-14-34-15-13-28)19(25-21)16-29-6-9-30(10-7-29)18-4-2-17(24)3-5-18/h2-5,20-21H,6-16H2,1H3,(H,26,32,33). The quantitative estimate of drug-likeness (QED) is 0.616. The summed E-state index contributed by atoms with van der Waals surface area (Å²) in [6, 6.07) is 5.71. The highest BCUT2D eigenvalue weighted by molar-refractivity contribution is 6.04. The van der Waals surface area contributed by atoms with Gasteiger partial charge in [-0.05, 0) is 24.3 Å². The van der Waals surface area contributed by atoms with Crippen LogP contribution in [0.15, 0.2) is 29.3 Å². The van der Waals surface area contributed by atoms with Gasteiger partial charge in [0.15, 0.2) is 12.2 Å². The maximum Gasteiger partial charge on any atom is 0.325 e. The molecule has 184 valence electrons. The smallest absolute Gasteiger partial charge is 0.325 e. The number of amidine groups is 1. The van der Waals surface area contributed by atoms with E-state index in [2.05, 4.69) is 24.9 Å². The number of imide groups is 1. The average Bonchev–Trinajstić information content (AvgIpc) is 3.21. The third-order valence-corrected chi connectivity index (χ3v) is 7.14. The molecule has 2 unspecified atom stereocenters. The van der Waals surface area contributed by atoms with E-state index in [4.69, 9.17) is 9.73 Å². The highest BCUT2D eigenvalue weighted by Crippen LogP contribution is 2.25. The lowest BCUT2D eigenvalue weighted by molar-refractivity contribution is -0.127. The highest BCUT2D eigenvalue weighted by atomic mass is 19.1. The van der Waals surface area contributed by atoms with Crippen LogP contribution in [0.3, 0.4) is 0 Å². The van der Waals surface area contributed by atoms with Gasteiger partial charge in [-0.3, -0.25) is 19.9 Å². The monoisotopic (exact) mass is 473 g/mol. The average molecular weight is 474 g/mol. The van der Waals surface area contributed by atoms with Crippen molar-refractivity contribution in [2.75, 3.05) is 84.1 Å². The van der Waals surface area contributed by atoms with Gasteiger partial charge in [0.2, 0.25) is 0 Å². The number of amides is 3. The van der Waals surface area contributed by atoms with Crippen LogP contribution in [-0.2, 0) is 9.53 Å². The number of nitrogens with zero attached hydrogens (tertiary/aromatic N) is 6. The first-order chi connectivity index (χ1) is 16.5. The molecule has 1 N–H and O–H groups in total. The molecule has 1 aromatic rings. The molecule has 0 radical (unpaired) electrons. The zero-order chi connectivity index (χ0) is 23.7. The van der Waals surface area contributed by atoms with Crippen LogP contribution in [0, 0.1) is 5.82 Å². The minimum Gasteiger partial charge on any atom is -0.379 e. The third-order valence-electron chi connectivity index (χ3n) is 7.14. The first-order valence-electron chi connectivity index (χ1n) is 11.9. The molecule has 10 nitrogen and oxygen atoms in total. The van der Waals surface area contributed by atoms with E-state index in [1.165, 1.54) is 17.0 Å². The van der Waals surface area contributed by atoms with Crippen molar-refractivity contribution in [2.45, 2.75) is 12.2 Å². The van der Waals surface area contributed by atoms with Crippen LogP contribution in [0.1, 0.15) is 0 Å². The zero-order valence-corrected chi connectivity index (χ0v) is 19.5. The molecular weight excluding hydrogens is 441 g/mol. The molecule has 4 aliphatic rings. The van der Waals surface area contributed by atoms with Crippen molar-refractivity contribution < 1.29 is 18.7 Å². The van der Waals surface area contributed by atoms with Crippen LogP contribution < -0.4 is 10.2 Å². The molecule has 5 rings (SSSR count). The predicted octanol–water partition coefficient (Wildman–Crippen LogP) is -0.130. The predicted molar refractivity (Wildman–Crippen MR) is 125 cm³/mol. The summed E-state index contributed by atoms with van der Waals surface area (Å²) >= 11 is 0. The maximum atomic E-state index is 13.3. The van der Waals surface area contributed by atoms with Crippen LogP contribution in [0.25, 0.3) is 0 Å². The Morgan fingerprint density at radius 2 is 1.71 bits per heavy atom. The molecule has 0 aromatic heterocycles. The van der Waals surface area contributed by atoms with Crippen LogP contribution in [0.5, 0.6) is 0 Å². The molecule has 1 aromatic carbocycles. The number of fused-ring (bicyclic) bond motifs is 1. The number of rotatable bonds is 6. The Morgan fingerprint density at radius 3 is 2.41 bits per heavy atom. The van der Waals surface area contributed by atoms with Gasteiger partial charge < -0.3 is 19.4 Å². The Labute approximate surface area is 198 Å². The summed E-state index contributed by atoms with van der Waals surface area (Å²) in [6.07, 6.45) is -0.499. The maximum absolute atomic E-state index is 13.3. The Bertz CT molecular complexity index is 929. The Kier molecular flexibility index (Phi) is 6.66. The second-order valence-electron chi connectivity index (χ2n) is 9.20. The van der Waals surface area contributed by atoms with Gasteiger partial charge in [0.25, 0.3) is 5.91 Å². The first-order valence-corrected chi connectivity index (χ1v) is 11.9. The number of carbonyl (C=O) groups is 2. The summed E-state index contributed by atoms with van der Waals surface area (Å²) in [4.78, 5) is 40.4. The van der Waals surface area contributed by atoms with Crippen molar-refractivity contribution in [2.24, 2.45) is 4.99 Å². The lowest BCUT2D eigenvalue weighted by Crippen LogP contribution is -2.64. The van der Waals surface area contributed by atoms with Gasteiger partial charge in [-0.15, -0.1) is 0 Å². The summed E-state index contributed by atoms with van der Waals surface area (Å²) in [5, 5.41) is 2.47. The SMILES string of the molecule is CN1C(=O)NC(=O)C2C1N=C(CN1CCN(c3ccc(F)cc3)CC1)N2CCN1CCOCC1. The van der Waals surface area contributed by atoms with Crippen molar-refractivity contribution in [1.29, 1.82) is 0 Å². The van der Waals surface area contributed by atoms with Gasteiger partial charge in [-0.2, -0.15) is 0 Å². The molecule has 11 heteroatoms. The summed E-state index contributed by atoms with van der Waals surface area (Å²) in [5.41, 5.74) is 1.02. The van der Waals surface area contributed by atoms with Crippen molar-refractivity contribution in [3.8, 4) is 0 Å². The van der Waals surface area contributed by atoms with E-state index in [0.29, 0.717) is 13.1 Å². The molecule has 4 aliphatic heterocycles. The fourth-order valence-electron chi connectivity index (χ4n) is 5.07. The molecule has 34 heavy (non-hydrogen) atoms. The number of urea groups is 1. The number of benzene rings is 1. The number of morpholine rings is 1. The van der Waals surface area contributed by atoms with Gasteiger partial charge in [0, 0.05) is 65.1 Å². The molecule has 3 fully saturated rings. The van der Waals surface area contributed by atoms with Crippen LogP contribution >= 0.6 is 0 Å². The van der Waals surface area contributed by atoms with Crippen molar-refractivity contribution in [3.05, 3.63) is 30.1 Å². The fraction of sp³-hybridized carbons (Fsp3) is 0.609. The van der Waals surface area contributed by atoms with Crippen LogP contribution in [0.4, 0.5) is 14.9 Å². The number of aliphatic imine (C=N–C) groups is 1. The topological polar surface area (TPSA) is 84.0 Å². The Morgan fingerprint density at radius 1 is 1.00 bits per heavy atom. The summed E-state index contributed by atoms with van der Waals surface area (Å²) in [6.45, 7) is 8.66. The van der Waals surface area contributed by atoms with Gasteiger partial charge in [-0.1, -0.05) is 0 Å². The number of nitrogens with one attached hydrogen (secondary N) is 1. The van der Waals surface area contributed by atoms with E-state index in [-0.39, 0.29) is 11.7 Å². The lowest BCUT2D eigenvalue weighted by Gasteiger charge is -2.39. The second-order valence-corrected chi connectivity index (χ2v) is 9.20. The normalized spacial score (nSPS) is 26.5. The highest BCUT2D eigenvalue weighted by Gasteiger charge is 2.48. The van der Waals surface area contributed by atoms with Crippen LogP contribution in [-0.4, -0.2) is 129 Å². The number of likely N-dealkylation sites (N-methyl/N-ethyl adjacent to an activating group) is 1. The number of piperazine rings is 1. The second kappa shape index (κ2) is 9.85. The number of ether oxygens (including phenoxy) is 1. The van der Waals surface area contributed by atoms with Crippen LogP contribution in [0.2, 0.25) is 0 Å². The van der Waals surface area contributed by atoms with E-state index in [9.17, 15) is 14.0 Å². The van der Waals surface area contributed by atoms with Gasteiger partial charge >= 0.3 is 6.03 Å². The molecule has 2 atom stereocenters. The molecule has 3 amide bonds. The fourth-order valence-corrected chi connectivity index (χ4v) is 5.07. The summed E-state index contributed by atoms with van der Waals surface area (Å²) < 4.78 is 18.7. The summed E-state index contributed by atoms with van der Waals surface area (Å²) in [5.74, 6) is 0.345.